The molecule has 0 heterocycles. The first-order valence-electron chi connectivity index (χ1n) is 11.6. The normalized spacial score (nSPS) is 13.0. The number of hydrogen-bond donors (Lipinski definition) is 4. The van der Waals surface area contributed by atoms with Crippen LogP contribution in [0.15, 0.2) is 0 Å². The van der Waals surface area contributed by atoms with Gasteiger partial charge in [-0.3, -0.25) is 9.59 Å². The van der Waals surface area contributed by atoms with Crippen molar-refractivity contribution in [3.63, 3.8) is 0 Å². The molecule has 0 saturated heterocycles. The molecular weight excluding hydrogens is 436 g/mol. The summed E-state index contributed by atoms with van der Waals surface area (Å²) in [5.74, 6) is -2.08. The highest BCUT2D eigenvalue weighted by Crippen LogP contribution is 2.22. The Labute approximate surface area is 195 Å². The van der Waals surface area contributed by atoms with E-state index in [1.54, 1.807) is 0 Å². The molecule has 0 bridgehead atoms. The Balaban J connectivity index is 3.66. The second-order valence-corrected chi connectivity index (χ2v) is 10.5. The van der Waals surface area contributed by atoms with Gasteiger partial charge in [0.05, 0.1) is 0 Å². The summed E-state index contributed by atoms with van der Waals surface area (Å²) < 4.78 is 0. The zero-order chi connectivity index (χ0) is 23.3. The van der Waals surface area contributed by atoms with Gasteiger partial charge < -0.3 is 21.3 Å². The van der Waals surface area contributed by atoms with E-state index >= 15 is 0 Å². The Kier molecular flexibility index (Phi) is 20.3. The number of nitrogens with one attached hydrogen (secondary N) is 1. The number of carbonyl (C=O) groups excluding carboxylic acids is 1. The lowest BCUT2D eigenvalue weighted by Crippen LogP contribution is -2.42. The van der Waals surface area contributed by atoms with Crippen LogP contribution in [-0.2, 0) is 14.4 Å². The molecule has 0 aliphatic carbocycles. The van der Waals surface area contributed by atoms with Gasteiger partial charge in [-0.2, -0.15) is 0 Å². The van der Waals surface area contributed by atoms with Crippen molar-refractivity contribution >= 4 is 39.4 Å². The van der Waals surface area contributed by atoms with Crippen LogP contribution in [0.2, 0.25) is 0 Å². The minimum atomic E-state index is -1.09. The van der Waals surface area contributed by atoms with Crippen molar-refractivity contribution in [3.8, 4) is 0 Å². The quantitative estimate of drug-likeness (QED) is 0.129. The van der Waals surface area contributed by atoms with Gasteiger partial charge in [-0.1, -0.05) is 106 Å². The minimum Gasteiger partial charge on any atom is -0.480 e. The van der Waals surface area contributed by atoms with E-state index in [-0.39, 0.29) is 17.4 Å². The smallest absolute Gasteiger partial charge is 0.327 e. The maximum absolute atomic E-state index is 12.0. The van der Waals surface area contributed by atoms with Crippen LogP contribution in [0, 0.1) is 0 Å². The van der Waals surface area contributed by atoms with E-state index in [4.69, 9.17) is 10.8 Å². The Bertz CT molecular complexity index is 495. The molecule has 9 heteroatoms. The van der Waals surface area contributed by atoms with E-state index < -0.39 is 24.0 Å². The van der Waals surface area contributed by atoms with Crippen molar-refractivity contribution in [2.45, 2.75) is 109 Å². The predicted octanol–water partition coefficient (Wildman–Crippen LogP) is 4.83. The van der Waals surface area contributed by atoms with Crippen LogP contribution in [0.4, 0.5) is 0 Å². The van der Waals surface area contributed by atoms with Gasteiger partial charge in [0.1, 0.15) is 12.1 Å². The molecule has 31 heavy (non-hydrogen) atoms. The molecule has 0 saturated carbocycles. The summed E-state index contributed by atoms with van der Waals surface area (Å²) >= 11 is 0. The number of hydrogen-bond acceptors (Lipinski definition) is 6. The van der Waals surface area contributed by atoms with Crippen LogP contribution in [0.1, 0.15) is 96.8 Å². The Morgan fingerprint density at radius 1 is 0.742 bits per heavy atom. The molecule has 182 valence electrons. The van der Waals surface area contributed by atoms with Crippen LogP contribution < -0.4 is 11.1 Å². The summed E-state index contributed by atoms with van der Waals surface area (Å²) in [4.78, 5) is 34.0. The summed E-state index contributed by atoms with van der Waals surface area (Å²) in [6.07, 6.45) is 16.4. The summed E-state index contributed by atoms with van der Waals surface area (Å²) in [7, 11) is 2.40. The Morgan fingerprint density at radius 2 is 1.19 bits per heavy atom. The van der Waals surface area contributed by atoms with E-state index in [1.807, 2.05) is 0 Å². The second kappa shape index (κ2) is 20.9. The van der Waals surface area contributed by atoms with Crippen molar-refractivity contribution in [1.29, 1.82) is 0 Å². The monoisotopic (exact) mass is 478 g/mol. The van der Waals surface area contributed by atoms with Gasteiger partial charge in [-0.05, 0) is 6.42 Å². The van der Waals surface area contributed by atoms with Gasteiger partial charge in [0.2, 0.25) is 5.91 Å². The van der Waals surface area contributed by atoms with Gasteiger partial charge in [-0.15, -0.1) is 0 Å². The summed E-state index contributed by atoms with van der Waals surface area (Å²) in [5, 5.41) is 20.5. The van der Waals surface area contributed by atoms with Gasteiger partial charge in [-0.25, -0.2) is 4.79 Å². The van der Waals surface area contributed by atoms with E-state index in [2.05, 4.69) is 12.2 Å². The number of rotatable bonds is 22. The first-order chi connectivity index (χ1) is 14.9. The van der Waals surface area contributed by atoms with Crippen LogP contribution in [0.25, 0.3) is 0 Å². The molecule has 0 aliphatic heterocycles. The highest BCUT2D eigenvalue weighted by molar-refractivity contribution is 8.76. The summed E-state index contributed by atoms with van der Waals surface area (Å²) in [6, 6.07) is -1.96. The van der Waals surface area contributed by atoms with Gasteiger partial charge in [0.15, 0.2) is 0 Å². The molecule has 1 unspecified atom stereocenters. The molecule has 7 nitrogen and oxygen atoms in total. The average Bonchev–Trinajstić information content (AvgIpc) is 2.73. The van der Waals surface area contributed by atoms with Gasteiger partial charge in [0, 0.05) is 17.9 Å². The Morgan fingerprint density at radius 3 is 1.65 bits per heavy atom. The number of carbonyl (C=O) groups is 3. The fourth-order valence-electron chi connectivity index (χ4n) is 3.05. The minimum absolute atomic E-state index is 0.163. The molecule has 0 rings (SSSR count). The average molecular weight is 479 g/mol. The van der Waals surface area contributed by atoms with Gasteiger partial charge in [0.25, 0.3) is 0 Å². The standard InChI is InChI=1S/C22H42N2O5S2/c1-2-3-4-5-6-7-8-9-10-11-12-13-14-15-20(25)24-19(22(28)29)17-31-30-16-18(23)21(26)27/h18-19H,2-17,23H2,1H3,(H,24,25)(H,26,27)(H,28,29)/t18?,19-/m0/s1. The van der Waals surface area contributed by atoms with E-state index in [0.29, 0.717) is 6.42 Å². The third-order valence-corrected chi connectivity index (χ3v) is 7.47. The third kappa shape index (κ3) is 19.5. The lowest BCUT2D eigenvalue weighted by Gasteiger charge is -2.14. The second-order valence-electron chi connectivity index (χ2n) is 7.96. The lowest BCUT2D eigenvalue weighted by atomic mass is 10.0. The van der Waals surface area contributed by atoms with Crippen molar-refractivity contribution in [2.75, 3.05) is 11.5 Å². The van der Waals surface area contributed by atoms with Crippen molar-refractivity contribution in [2.24, 2.45) is 5.73 Å². The largest absolute Gasteiger partial charge is 0.480 e. The molecule has 0 aromatic carbocycles. The third-order valence-electron chi connectivity index (χ3n) is 5.02. The number of aliphatic carboxylic acids is 2. The molecule has 0 aromatic rings. The number of nitrogens with two attached hydrogens (primary N) is 1. The van der Waals surface area contributed by atoms with E-state index in [1.165, 1.54) is 85.8 Å². The topological polar surface area (TPSA) is 130 Å². The van der Waals surface area contributed by atoms with Crippen molar-refractivity contribution in [1.82, 2.24) is 5.32 Å². The first-order valence-corrected chi connectivity index (χ1v) is 14.1. The van der Waals surface area contributed by atoms with Crippen LogP contribution in [0.3, 0.4) is 0 Å². The zero-order valence-corrected chi connectivity index (χ0v) is 20.6. The van der Waals surface area contributed by atoms with E-state index in [9.17, 15) is 19.5 Å². The number of amides is 1. The zero-order valence-electron chi connectivity index (χ0n) is 19.0. The Hall–Kier alpha value is -0.930. The fourth-order valence-corrected chi connectivity index (χ4v) is 5.32. The van der Waals surface area contributed by atoms with Crippen LogP contribution >= 0.6 is 21.6 Å². The molecule has 1 amide bonds. The maximum atomic E-state index is 12.0. The first kappa shape index (κ1) is 30.1. The molecule has 5 N–H and O–H groups in total. The van der Waals surface area contributed by atoms with Crippen LogP contribution in [0.5, 0.6) is 0 Å². The molecular formula is C22H42N2O5S2. The van der Waals surface area contributed by atoms with Crippen molar-refractivity contribution < 1.29 is 24.6 Å². The van der Waals surface area contributed by atoms with Gasteiger partial charge >= 0.3 is 11.9 Å². The van der Waals surface area contributed by atoms with Crippen molar-refractivity contribution in [3.05, 3.63) is 0 Å². The predicted molar refractivity (Wildman–Crippen MR) is 130 cm³/mol. The molecule has 0 spiro atoms. The highest BCUT2D eigenvalue weighted by atomic mass is 33.1. The number of unbranched alkanes of at least 4 members (excludes halogenated alkanes) is 12. The number of carboxylic acid groups (broad SMARTS) is 2. The summed E-state index contributed by atoms with van der Waals surface area (Å²) in [6.45, 7) is 2.24. The lowest BCUT2D eigenvalue weighted by molar-refractivity contribution is -0.141. The fraction of sp³-hybridized carbons (Fsp3) is 0.864. The highest BCUT2D eigenvalue weighted by Gasteiger charge is 2.20. The summed E-state index contributed by atoms with van der Waals surface area (Å²) in [5.41, 5.74) is 5.39. The molecule has 0 aromatic heterocycles. The molecule has 0 radical (unpaired) electrons. The number of carboxylic acids is 2. The SMILES string of the molecule is CCCCCCCCCCCCCCCC(=O)N[C@@H](CSSCC(N)C(=O)O)C(=O)O. The maximum Gasteiger partial charge on any atom is 0.327 e. The molecule has 0 fully saturated rings. The molecule has 0 aliphatic rings. The van der Waals surface area contributed by atoms with Crippen LogP contribution in [-0.4, -0.2) is 51.6 Å². The van der Waals surface area contributed by atoms with E-state index in [0.717, 1.165) is 19.3 Å². The molecule has 2 atom stereocenters.